The molecule has 1 N–H and O–H groups in total. The summed E-state index contributed by atoms with van der Waals surface area (Å²) < 4.78 is 3.90. The van der Waals surface area contributed by atoms with Gasteiger partial charge >= 0.3 is 0 Å². The maximum Gasteiger partial charge on any atom is 0.236 e. The maximum atomic E-state index is 12.4. The molecule has 1 amide bonds. The molecular weight excluding hydrogens is 472 g/mol. The average Bonchev–Trinajstić information content (AvgIpc) is 3.30. The second-order valence-corrected chi connectivity index (χ2v) is 8.80. The van der Waals surface area contributed by atoms with Crippen molar-refractivity contribution in [1.82, 2.24) is 24.7 Å². The zero-order chi connectivity index (χ0) is 20.2. The van der Waals surface area contributed by atoms with Crippen molar-refractivity contribution >= 4 is 60.3 Å². The first-order valence-electron chi connectivity index (χ1n) is 8.57. The molecule has 0 aliphatic rings. The van der Waals surface area contributed by atoms with Crippen LogP contribution in [-0.2, 0) is 11.3 Å². The number of nitrogens with one attached hydrogen (secondary N) is 1. The van der Waals surface area contributed by atoms with Crippen LogP contribution in [0, 0.1) is 0 Å². The molecule has 1 aromatic carbocycles. The molecule has 7 nitrogen and oxygen atoms in total. The lowest BCUT2D eigenvalue weighted by Gasteiger charge is -2.07. The van der Waals surface area contributed by atoms with Crippen LogP contribution in [0.2, 0.25) is 0 Å². The highest BCUT2D eigenvalue weighted by molar-refractivity contribution is 9.10. The standard InChI is InChI=1S/C19H15BrN6OS2/c1-2-8-26-17(12-4-3-7-21-10-12)24-25-19(26)28-11-16(27)23-18-22-14-6-5-13(20)9-15(14)29-18/h2-7,9-10H,1,8,11H2,(H,22,23,27). The number of hydrogen-bond donors (Lipinski definition) is 1. The van der Waals surface area contributed by atoms with Gasteiger partial charge in [-0.25, -0.2) is 4.98 Å². The SMILES string of the molecule is C=CCn1c(SCC(=O)Nc2nc3ccc(Br)cc3s2)nnc1-c1cccnc1. The number of aromatic nitrogens is 5. The number of anilines is 1. The van der Waals surface area contributed by atoms with Crippen molar-refractivity contribution in [2.45, 2.75) is 11.7 Å². The summed E-state index contributed by atoms with van der Waals surface area (Å²) in [5.74, 6) is 0.740. The highest BCUT2D eigenvalue weighted by Crippen LogP contribution is 2.29. The molecule has 0 saturated carbocycles. The second kappa shape index (κ2) is 8.85. The number of rotatable bonds is 7. The number of halogens is 1. The van der Waals surface area contributed by atoms with E-state index >= 15 is 0 Å². The molecule has 0 radical (unpaired) electrons. The van der Waals surface area contributed by atoms with Gasteiger partial charge in [0.15, 0.2) is 16.1 Å². The van der Waals surface area contributed by atoms with Gasteiger partial charge in [0, 0.05) is 29.0 Å². The lowest BCUT2D eigenvalue weighted by molar-refractivity contribution is -0.113. The van der Waals surface area contributed by atoms with Crippen LogP contribution in [-0.4, -0.2) is 36.4 Å². The third-order valence-corrected chi connectivity index (χ3v) is 6.27. The van der Waals surface area contributed by atoms with Gasteiger partial charge in [-0.15, -0.1) is 16.8 Å². The maximum absolute atomic E-state index is 12.4. The van der Waals surface area contributed by atoms with Crippen molar-refractivity contribution < 1.29 is 4.79 Å². The molecule has 29 heavy (non-hydrogen) atoms. The van der Waals surface area contributed by atoms with Crippen molar-refractivity contribution in [1.29, 1.82) is 0 Å². The zero-order valence-electron chi connectivity index (χ0n) is 15.1. The van der Waals surface area contributed by atoms with Gasteiger partial charge in [-0.1, -0.05) is 45.1 Å². The van der Waals surface area contributed by atoms with E-state index in [4.69, 9.17) is 0 Å². The van der Waals surface area contributed by atoms with Crippen molar-refractivity contribution in [2.24, 2.45) is 0 Å². The van der Waals surface area contributed by atoms with Crippen LogP contribution in [0.15, 0.2) is 65.0 Å². The molecule has 0 fully saturated rings. The summed E-state index contributed by atoms with van der Waals surface area (Å²) in [6.45, 7) is 4.33. The summed E-state index contributed by atoms with van der Waals surface area (Å²) in [5, 5.41) is 12.6. The Balaban J connectivity index is 1.46. The lowest BCUT2D eigenvalue weighted by atomic mass is 10.3. The van der Waals surface area contributed by atoms with Crippen LogP contribution in [0.1, 0.15) is 0 Å². The fourth-order valence-electron chi connectivity index (χ4n) is 2.64. The number of hydrogen-bond acceptors (Lipinski definition) is 7. The number of pyridine rings is 1. The second-order valence-electron chi connectivity index (χ2n) is 5.92. The van der Waals surface area contributed by atoms with Gasteiger partial charge < -0.3 is 5.32 Å². The summed E-state index contributed by atoms with van der Waals surface area (Å²) in [5.41, 5.74) is 1.71. The van der Waals surface area contributed by atoms with Crippen LogP contribution in [0.25, 0.3) is 21.6 Å². The first-order chi connectivity index (χ1) is 14.1. The van der Waals surface area contributed by atoms with Gasteiger partial charge in [-0.2, -0.15) is 0 Å². The molecule has 10 heteroatoms. The van der Waals surface area contributed by atoms with Gasteiger partial charge in [-0.05, 0) is 30.3 Å². The quantitative estimate of drug-likeness (QED) is 0.302. The number of benzene rings is 1. The number of thiazole rings is 1. The Morgan fingerprint density at radius 1 is 1.34 bits per heavy atom. The van der Waals surface area contributed by atoms with E-state index < -0.39 is 0 Å². The Morgan fingerprint density at radius 3 is 3.03 bits per heavy atom. The fourth-order valence-corrected chi connectivity index (χ4v) is 4.82. The van der Waals surface area contributed by atoms with E-state index in [9.17, 15) is 4.79 Å². The number of carbonyl (C=O) groups is 1. The number of nitrogens with zero attached hydrogens (tertiary/aromatic N) is 5. The van der Waals surface area contributed by atoms with Crippen molar-refractivity contribution in [3.05, 3.63) is 59.9 Å². The summed E-state index contributed by atoms with van der Waals surface area (Å²) in [6, 6.07) is 9.59. The van der Waals surface area contributed by atoms with Gasteiger partial charge in [0.25, 0.3) is 0 Å². The van der Waals surface area contributed by atoms with Crippen molar-refractivity contribution in [2.75, 3.05) is 11.1 Å². The summed E-state index contributed by atoms with van der Waals surface area (Å²) >= 11 is 6.20. The third-order valence-electron chi connectivity index (χ3n) is 3.88. The molecule has 146 valence electrons. The monoisotopic (exact) mass is 486 g/mol. The van der Waals surface area contributed by atoms with Crippen LogP contribution in [0.3, 0.4) is 0 Å². The van der Waals surface area contributed by atoms with Gasteiger partial charge in [0.1, 0.15) is 0 Å². The minimum atomic E-state index is -0.149. The smallest absolute Gasteiger partial charge is 0.236 e. The van der Waals surface area contributed by atoms with Crippen molar-refractivity contribution in [3.63, 3.8) is 0 Å². The fraction of sp³-hybridized carbons (Fsp3) is 0.105. The lowest BCUT2D eigenvalue weighted by Crippen LogP contribution is -2.14. The van der Waals surface area contributed by atoms with E-state index in [1.54, 1.807) is 18.5 Å². The minimum absolute atomic E-state index is 0.149. The van der Waals surface area contributed by atoms with Crippen LogP contribution in [0.5, 0.6) is 0 Å². The number of amides is 1. The molecule has 0 aliphatic heterocycles. The summed E-state index contributed by atoms with van der Waals surface area (Å²) in [6.07, 6.45) is 5.21. The highest BCUT2D eigenvalue weighted by atomic mass is 79.9. The van der Waals surface area contributed by atoms with Crippen LogP contribution in [0.4, 0.5) is 5.13 Å². The van der Waals surface area contributed by atoms with Crippen LogP contribution >= 0.6 is 39.0 Å². The number of carbonyl (C=O) groups excluding carboxylic acids is 1. The third kappa shape index (κ3) is 4.55. The Labute approximate surface area is 183 Å². The van der Waals surface area contributed by atoms with Gasteiger partial charge in [0.05, 0.1) is 16.0 Å². The number of thioether (sulfide) groups is 1. The Hall–Kier alpha value is -2.56. The molecule has 3 heterocycles. The molecule has 0 atom stereocenters. The van der Waals surface area contributed by atoms with E-state index in [-0.39, 0.29) is 11.7 Å². The average molecular weight is 487 g/mol. The normalized spacial score (nSPS) is 10.9. The van der Waals surface area contributed by atoms with E-state index in [0.29, 0.717) is 22.7 Å². The molecule has 4 aromatic rings. The molecule has 0 aliphatic carbocycles. The Morgan fingerprint density at radius 2 is 2.24 bits per heavy atom. The van der Waals surface area contributed by atoms with Crippen molar-refractivity contribution in [3.8, 4) is 11.4 Å². The first-order valence-corrected chi connectivity index (χ1v) is 11.2. The zero-order valence-corrected chi connectivity index (χ0v) is 18.3. The molecule has 3 aromatic heterocycles. The number of fused-ring (bicyclic) bond motifs is 1. The molecule has 0 saturated heterocycles. The molecule has 0 spiro atoms. The largest absolute Gasteiger partial charge is 0.301 e. The van der Waals surface area contributed by atoms with E-state index in [2.05, 4.69) is 48.0 Å². The first kappa shape index (κ1) is 19.7. The molecule has 4 rings (SSSR count). The van der Waals surface area contributed by atoms with Crippen LogP contribution < -0.4 is 5.32 Å². The minimum Gasteiger partial charge on any atom is -0.301 e. The Bertz CT molecular complexity index is 1170. The summed E-state index contributed by atoms with van der Waals surface area (Å²) in [7, 11) is 0. The predicted molar refractivity (Wildman–Crippen MR) is 120 cm³/mol. The van der Waals surface area contributed by atoms with E-state index in [0.717, 1.165) is 20.3 Å². The van der Waals surface area contributed by atoms with Gasteiger partial charge in [-0.3, -0.25) is 14.3 Å². The van der Waals surface area contributed by atoms with E-state index in [1.165, 1.54) is 23.1 Å². The topological polar surface area (TPSA) is 85.6 Å². The molecule has 0 unspecified atom stereocenters. The highest BCUT2D eigenvalue weighted by Gasteiger charge is 2.16. The Kier molecular flexibility index (Phi) is 6.02. The number of allylic oxidation sites excluding steroid dienone is 1. The summed E-state index contributed by atoms with van der Waals surface area (Å²) in [4.78, 5) is 21.0. The molecule has 0 bridgehead atoms. The van der Waals surface area contributed by atoms with Gasteiger partial charge in [0.2, 0.25) is 5.91 Å². The molecular formula is C19H15BrN6OS2. The predicted octanol–water partition coefficient (Wildman–Crippen LogP) is 4.63. The van der Waals surface area contributed by atoms with E-state index in [1.807, 2.05) is 34.9 Å².